The molecule has 3 aromatic heterocycles. The number of ether oxygens (including phenoxy) is 1. The second-order valence-corrected chi connectivity index (χ2v) is 9.12. The molecule has 3 aromatic rings. The lowest BCUT2D eigenvalue weighted by Gasteiger charge is -2.28. The van der Waals surface area contributed by atoms with Crippen molar-refractivity contribution in [2.24, 2.45) is 0 Å². The molecular weight excluding hydrogens is 388 g/mol. The predicted octanol–water partition coefficient (Wildman–Crippen LogP) is 3.74. The molecule has 0 radical (unpaired) electrons. The average molecular weight is 415 g/mol. The summed E-state index contributed by atoms with van der Waals surface area (Å²) in [5.74, 6) is 1.32. The van der Waals surface area contributed by atoms with Gasteiger partial charge in [-0.05, 0) is 63.5 Å². The van der Waals surface area contributed by atoms with Crippen molar-refractivity contribution in [3.63, 3.8) is 0 Å². The Morgan fingerprint density at radius 3 is 2.86 bits per heavy atom. The zero-order valence-electron chi connectivity index (χ0n) is 16.5. The number of oxazole rings is 1. The predicted molar refractivity (Wildman–Crippen MR) is 110 cm³/mol. The van der Waals surface area contributed by atoms with Crippen LogP contribution in [0.1, 0.15) is 66.9 Å². The summed E-state index contributed by atoms with van der Waals surface area (Å²) in [5, 5.41) is 15.0. The number of aliphatic hydroxyl groups is 1. The Balaban J connectivity index is 1.41. The molecule has 8 heteroatoms. The highest BCUT2D eigenvalue weighted by Gasteiger charge is 2.33. The van der Waals surface area contributed by atoms with Gasteiger partial charge in [0.1, 0.15) is 29.6 Å². The molecule has 154 valence electrons. The van der Waals surface area contributed by atoms with Crippen LogP contribution in [-0.2, 0) is 6.42 Å². The minimum atomic E-state index is -0.707. The van der Waals surface area contributed by atoms with Crippen molar-refractivity contribution in [2.45, 2.75) is 69.1 Å². The number of aromatic nitrogens is 3. The molecule has 0 spiro atoms. The van der Waals surface area contributed by atoms with Crippen molar-refractivity contribution >= 4 is 21.6 Å². The molecule has 1 unspecified atom stereocenters. The van der Waals surface area contributed by atoms with Crippen molar-refractivity contribution in [3.8, 4) is 5.88 Å². The van der Waals surface area contributed by atoms with Crippen LogP contribution in [0.3, 0.4) is 0 Å². The van der Waals surface area contributed by atoms with E-state index in [-0.39, 0.29) is 12.0 Å². The van der Waals surface area contributed by atoms with Gasteiger partial charge >= 0.3 is 0 Å². The zero-order chi connectivity index (χ0) is 19.8. The van der Waals surface area contributed by atoms with Gasteiger partial charge in [-0.25, -0.2) is 15.0 Å². The molecule has 0 bridgehead atoms. The van der Waals surface area contributed by atoms with Crippen LogP contribution in [0, 0.1) is 0 Å². The van der Waals surface area contributed by atoms with E-state index in [4.69, 9.17) is 9.15 Å². The first-order valence-electron chi connectivity index (χ1n) is 10.4. The van der Waals surface area contributed by atoms with E-state index in [2.05, 4.69) is 20.3 Å². The molecule has 2 atom stereocenters. The molecule has 0 amide bonds. The van der Waals surface area contributed by atoms with Crippen LogP contribution in [0.5, 0.6) is 5.88 Å². The van der Waals surface area contributed by atoms with Crippen LogP contribution in [-0.4, -0.2) is 39.3 Å². The first kappa shape index (κ1) is 19.0. The molecule has 5 rings (SSSR count). The van der Waals surface area contributed by atoms with E-state index in [1.165, 1.54) is 16.7 Å². The summed E-state index contributed by atoms with van der Waals surface area (Å²) in [4.78, 5) is 15.5. The molecule has 2 aliphatic carbocycles. The SMILES string of the molecule is CNC1CCC(Oc2ncnc3sc4c(c23)[C@@H](CC(O)c2ncco2)CC4)CC1. The number of aryl methyl sites for hydroxylation is 1. The third-order valence-electron chi connectivity index (χ3n) is 6.30. The Morgan fingerprint density at radius 1 is 1.24 bits per heavy atom. The van der Waals surface area contributed by atoms with Gasteiger partial charge in [0.05, 0.1) is 11.6 Å². The Labute approximate surface area is 173 Å². The van der Waals surface area contributed by atoms with Crippen LogP contribution >= 0.6 is 11.3 Å². The Kier molecular flexibility index (Phi) is 5.24. The van der Waals surface area contributed by atoms with Crippen LogP contribution in [0.15, 0.2) is 23.2 Å². The van der Waals surface area contributed by atoms with Crippen LogP contribution in [0.2, 0.25) is 0 Å². The van der Waals surface area contributed by atoms with Gasteiger partial charge in [-0.2, -0.15) is 0 Å². The highest BCUT2D eigenvalue weighted by atomic mass is 32.1. The Morgan fingerprint density at radius 2 is 2.10 bits per heavy atom. The van der Waals surface area contributed by atoms with E-state index < -0.39 is 6.10 Å². The molecule has 1 fully saturated rings. The summed E-state index contributed by atoms with van der Waals surface area (Å²) < 4.78 is 11.7. The fourth-order valence-corrected chi connectivity index (χ4v) is 5.99. The lowest BCUT2D eigenvalue weighted by molar-refractivity contribution is 0.125. The van der Waals surface area contributed by atoms with Gasteiger partial charge in [0, 0.05) is 10.9 Å². The number of nitrogens with one attached hydrogen (secondary N) is 1. The van der Waals surface area contributed by atoms with Crippen LogP contribution in [0.25, 0.3) is 10.2 Å². The number of aliphatic hydroxyl groups excluding tert-OH is 1. The molecule has 7 nitrogen and oxygen atoms in total. The fraction of sp³-hybridized carbons (Fsp3) is 0.571. The average Bonchev–Trinajstić information content (AvgIpc) is 3.46. The number of nitrogens with zero attached hydrogens (tertiary/aromatic N) is 3. The summed E-state index contributed by atoms with van der Waals surface area (Å²) in [5.41, 5.74) is 1.26. The number of thiophene rings is 1. The van der Waals surface area contributed by atoms with E-state index in [1.54, 1.807) is 23.9 Å². The molecular formula is C21H26N4O3S. The highest BCUT2D eigenvalue weighted by molar-refractivity contribution is 7.19. The lowest BCUT2D eigenvalue weighted by atomic mass is 9.93. The maximum Gasteiger partial charge on any atom is 0.225 e. The van der Waals surface area contributed by atoms with E-state index >= 15 is 0 Å². The van der Waals surface area contributed by atoms with Crippen molar-refractivity contribution in [1.29, 1.82) is 0 Å². The second kappa shape index (κ2) is 8.01. The van der Waals surface area contributed by atoms with Crippen LogP contribution < -0.4 is 10.1 Å². The van der Waals surface area contributed by atoms with Gasteiger partial charge in [0.15, 0.2) is 0 Å². The molecule has 0 aromatic carbocycles. The molecule has 29 heavy (non-hydrogen) atoms. The lowest BCUT2D eigenvalue weighted by Crippen LogP contribution is -2.34. The summed E-state index contributed by atoms with van der Waals surface area (Å²) in [6.07, 6.45) is 11.1. The maximum atomic E-state index is 10.6. The zero-order valence-corrected chi connectivity index (χ0v) is 17.3. The highest BCUT2D eigenvalue weighted by Crippen LogP contribution is 2.48. The first-order valence-corrected chi connectivity index (χ1v) is 11.2. The quantitative estimate of drug-likeness (QED) is 0.634. The third kappa shape index (κ3) is 3.65. The van der Waals surface area contributed by atoms with Gasteiger partial charge in [-0.1, -0.05) is 0 Å². The number of hydrogen-bond acceptors (Lipinski definition) is 8. The van der Waals surface area contributed by atoms with Gasteiger partial charge in [0.25, 0.3) is 0 Å². The summed E-state index contributed by atoms with van der Waals surface area (Å²) in [6, 6.07) is 0.590. The smallest absolute Gasteiger partial charge is 0.225 e. The largest absolute Gasteiger partial charge is 0.474 e. The van der Waals surface area contributed by atoms with Gasteiger partial charge in [-0.3, -0.25) is 0 Å². The minimum absolute atomic E-state index is 0.200. The summed E-state index contributed by atoms with van der Waals surface area (Å²) >= 11 is 1.73. The van der Waals surface area contributed by atoms with Crippen LogP contribution in [0.4, 0.5) is 0 Å². The minimum Gasteiger partial charge on any atom is -0.474 e. The van der Waals surface area contributed by atoms with Gasteiger partial charge in [-0.15, -0.1) is 11.3 Å². The second-order valence-electron chi connectivity index (χ2n) is 8.04. The molecule has 2 N–H and O–H groups in total. The normalized spacial score (nSPS) is 25.2. The van der Waals surface area contributed by atoms with E-state index in [0.29, 0.717) is 24.2 Å². The van der Waals surface area contributed by atoms with Crippen molar-refractivity contribution in [1.82, 2.24) is 20.3 Å². The maximum absolute atomic E-state index is 10.6. The monoisotopic (exact) mass is 414 g/mol. The van der Waals surface area contributed by atoms with E-state index in [1.807, 2.05) is 7.05 Å². The fourth-order valence-electron chi connectivity index (χ4n) is 4.76. The summed E-state index contributed by atoms with van der Waals surface area (Å²) in [6.45, 7) is 0. The third-order valence-corrected chi connectivity index (χ3v) is 7.47. The molecule has 0 saturated heterocycles. The standard InChI is InChI=1S/C21H26N4O3S/c1-22-13-3-5-14(6-4-13)28-20-18-17-12(10-15(26)19-23-8-9-27-19)2-7-16(17)29-21(18)25-11-24-20/h8-9,11-15,22,26H,2-7,10H2,1H3/t12-,13?,14?,15?/m1/s1. The van der Waals surface area contributed by atoms with E-state index in [0.717, 1.165) is 48.7 Å². The van der Waals surface area contributed by atoms with Crippen molar-refractivity contribution < 1.29 is 14.3 Å². The number of fused-ring (bicyclic) bond motifs is 3. The Hall–Kier alpha value is -2.03. The molecule has 1 saturated carbocycles. The van der Waals surface area contributed by atoms with Crippen molar-refractivity contribution in [2.75, 3.05) is 7.05 Å². The molecule has 2 aliphatic rings. The first-order chi connectivity index (χ1) is 14.2. The number of hydrogen-bond donors (Lipinski definition) is 2. The van der Waals surface area contributed by atoms with E-state index in [9.17, 15) is 5.11 Å². The van der Waals surface area contributed by atoms with Gasteiger partial charge in [0.2, 0.25) is 11.8 Å². The summed E-state index contributed by atoms with van der Waals surface area (Å²) in [7, 11) is 2.03. The molecule has 3 heterocycles. The Bertz CT molecular complexity index is 966. The van der Waals surface area contributed by atoms with Gasteiger partial charge < -0.3 is 19.6 Å². The van der Waals surface area contributed by atoms with Crippen molar-refractivity contribution in [3.05, 3.63) is 35.1 Å². The molecule has 0 aliphatic heterocycles. The number of rotatable bonds is 6. The topological polar surface area (TPSA) is 93.3 Å².